The van der Waals surface area contributed by atoms with Gasteiger partial charge in [0.2, 0.25) is 0 Å². The van der Waals surface area contributed by atoms with Crippen LogP contribution in [0.25, 0.3) is 10.9 Å². The van der Waals surface area contributed by atoms with Crippen molar-refractivity contribution in [2.24, 2.45) is 0 Å². The van der Waals surface area contributed by atoms with Crippen molar-refractivity contribution in [3.8, 4) is 11.5 Å². The van der Waals surface area contributed by atoms with E-state index in [-0.39, 0.29) is 38.3 Å². The standard InChI is InChI=1S/C14H10BrClF3NO4/c1-2-23-13(22)7-4-20-10-6(11(7)21)3-8(16)9(15)12(10)24-5-14(17,18)19/h3-4H,2,5H2,1H3,(H,20,21). The van der Waals surface area contributed by atoms with Crippen LogP contribution in [-0.2, 0) is 4.74 Å². The Hall–Kier alpha value is -1.74. The van der Waals surface area contributed by atoms with Crippen molar-refractivity contribution in [1.82, 2.24) is 4.98 Å². The zero-order valence-electron chi connectivity index (χ0n) is 12.1. The zero-order valence-corrected chi connectivity index (χ0v) is 14.4. The van der Waals surface area contributed by atoms with Gasteiger partial charge in [-0.3, -0.25) is 4.98 Å². The number of carbonyl (C=O) groups is 1. The monoisotopic (exact) mass is 427 g/mol. The highest BCUT2D eigenvalue weighted by Crippen LogP contribution is 2.42. The predicted molar refractivity (Wildman–Crippen MR) is 83.6 cm³/mol. The molecule has 1 N–H and O–H groups in total. The molecule has 0 spiro atoms. The minimum atomic E-state index is -4.57. The molecule has 5 nitrogen and oxygen atoms in total. The number of benzene rings is 1. The Morgan fingerprint density at radius 1 is 1.46 bits per heavy atom. The number of aromatic nitrogens is 1. The maximum atomic E-state index is 12.4. The molecule has 1 heterocycles. The van der Waals surface area contributed by atoms with E-state index in [1.807, 2.05) is 0 Å². The average Bonchev–Trinajstić information content (AvgIpc) is 2.48. The number of alkyl halides is 3. The van der Waals surface area contributed by atoms with Gasteiger partial charge < -0.3 is 14.6 Å². The first-order valence-electron chi connectivity index (χ1n) is 6.52. The predicted octanol–water partition coefficient (Wildman–Crippen LogP) is 4.47. The third-order valence-electron chi connectivity index (χ3n) is 2.86. The normalized spacial score (nSPS) is 11.6. The summed E-state index contributed by atoms with van der Waals surface area (Å²) in [5.41, 5.74) is -0.314. The molecule has 0 aliphatic carbocycles. The van der Waals surface area contributed by atoms with Gasteiger partial charge in [0.1, 0.15) is 16.8 Å². The molecule has 0 aliphatic heterocycles. The van der Waals surface area contributed by atoms with E-state index < -0.39 is 24.5 Å². The van der Waals surface area contributed by atoms with Gasteiger partial charge in [-0.25, -0.2) is 4.79 Å². The summed E-state index contributed by atoms with van der Waals surface area (Å²) in [5.74, 6) is -1.62. The number of hydrogen-bond acceptors (Lipinski definition) is 5. The first-order valence-corrected chi connectivity index (χ1v) is 7.69. The van der Waals surface area contributed by atoms with Gasteiger partial charge in [-0.05, 0) is 28.9 Å². The van der Waals surface area contributed by atoms with E-state index in [0.29, 0.717) is 0 Å². The van der Waals surface area contributed by atoms with Crippen LogP contribution in [0.1, 0.15) is 17.3 Å². The zero-order chi connectivity index (χ0) is 18.1. The summed E-state index contributed by atoms with van der Waals surface area (Å²) in [6, 6.07) is 1.26. The van der Waals surface area contributed by atoms with Gasteiger partial charge in [0, 0.05) is 11.6 Å². The second kappa shape index (κ2) is 7.02. The molecule has 130 valence electrons. The minimum absolute atomic E-state index is 0.0159. The number of hydrogen-bond donors (Lipinski definition) is 1. The molecule has 1 aromatic heterocycles. The third-order valence-corrected chi connectivity index (χ3v) is 4.17. The van der Waals surface area contributed by atoms with Crippen LogP contribution in [0.4, 0.5) is 13.2 Å². The lowest BCUT2D eigenvalue weighted by Crippen LogP contribution is -2.19. The molecule has 2 rings (SSSR count). The second-order valence-electron chi connectivity index (χ2n) is 4.54. The number of pyridine rings is 1. The summed E-state index contributed by atoms with van der Waals surface area (Å²) in [5, 5.41) is 10.2. The molecule has 0 saturated heterocycles. The van der Waals surface area contributed by atoms with E-state index in [0.717, 1.165) is 6.20 Å². The quantitative estimate of drug-likeness (QED) is 0.728. The number of halogens is 5. The van der Waals surface area contributed by atoms with E-state index >= 15 is 0 Å². The average molecular weight is 429 g/mol. The third kappa shape index (κ3) is 3.84. The van der Waals surface area contributed by atoms with Crippen molar-refractivity contribution in [3.63, 3.8) is 0 Å². The SMILES string of the molecule is CCOC(=O)c1cnc2c(OCC(F)(F)F)c(Br)c(Cl)cc2c1O. The Morgan fingerprint density at radius 3 is 2.71 bits per heavy atom. The number of rotatable bonds is 4. The van der Waals surface area contributed by atoms with Gasteiger partial charge in [-0.15, -0.1) is 0 Å². The van der Waals surface area contributed by atoms with Crippen LogP contribution in [0.15, 0.2) is 16.7 Å². The van der Waals surface area contributed by atoms with Crippen LogP contribution in [0.3, 0.4) is 0 Å². The molecule has 0 saturated carbocycles. The van der Waals surface area contributed by atoms with E-state index in [1.54, 1.807) is 6.92 Å². The van der Waals surface area contributed by atoms with Gasteiger partial charge in [-0.2, -0.15) is 13.2 Å². The second-order valence-corrected chi connectivity index (χ2v) is 5.74. The fourth-order valence-corrected chi connectivity index (χ4v) is 2.49. The maximum Gasteiger partial charge on any atom is 0.422 e. The molecular weight excluding hydrogens is 419 g/mol. The highest BCUT2D eigenvalue weighted by Gasteiger charge is 2.30. The Kier molecular flexibility index (Phi) is 5.44. The molecule has 10 heteroatoms. The van der Waals surface area contributed by atoms with Crippen molar-refractivity contribution < 1.29 is 32.5 Å². The number of ether oxygens (including phenoxy) is 2. The Labute approximate surface area is 147 Å². The van der Waals surface area contributed by atoms with Gasteiger partial charge in [0.05, 0.1) is 16.1 Å². The van der Waals surface area contributed by atoms with Gasteiger partial charge in [-0.1, -0.05) is 11.6 Å². The Balaban J connectivity index is 2.60. The molecule has 0 atom stereocenters. The van der Waals surface area contributed by atoms with E-state index in [4.69, 9.17) is 21.1 Å². The van der Waals surface area contributed by atoms with Crippen molar-refractivity contribution in [1.29, 1.82) is 0 Å². The van der Waals surface area contributed by atoms with Gasteiger partial charge in [0.25, 0.3) is 0 Å². The number of aromatic hydroxyl groups is 1. The molecule has 1 aromatic carbocycles. The molecule has 0 radical (unpaired) electrons. The van der Waals surface area contributed by atoms with Crippen molar-refractivity contribution in [3.05, 3.63) is 27.3 Å². The van der Waals surface area contributed by atoms with Crippen LogP contribution in [0.2, 0.25) is 5.02 Å². The summed E-state index contributed by atoms with van der Waals surface area (Å²) < 4.78 is 46.8. The fraction of sp³-hybridized carbons (Fsp3) is 0.286. The first-order chi connectivity index (χ1) is 11.2. The summed E-state index contributed by atoms with van der Waals surface area (Å²) >= 11 is 8.97. The molecule has 0 bridgehead atoms. The van der Waals surface area contributed by atoms with Crippen molar-refractivity contribution >= 4 is 44.4 Å². The molecular formula is C14H10BrClF3NO4. The van der Waals surface area contributed by atoms with Crippen LogP contribution in [0, 0.1) is 0 Å². The highest BCUT2D eigenvalue weighted by molar-refractivity contribution is 9.10. The molecule has 0 fully saturated rings. The van der Waals surface area contributed by atoms with E-state index in [9.17, 15) is 23.1 Å². The lowest BCUT2D eigenvalue weighted by molar-refractivity contribution is -0.153. The van der Waals surface area contributed by atoms with Gasteiger partial charge >= 0.3 is 12.1 Å². The Bertz CT molecular complexity index is 798. The highest BCUT2D eigenvalue weighted by atomic mass is 79.9. The van der Waals surface area contributed by atoms with Crippen LogP contribution in [0.5, 0.6) is 11.5 Å². The molecule has 0 amide bonds. The number of nitrogens with zero attached hydrogens (tertiary/aromatic N) is 1. The lowest BCUT2D eigenvalue weighted by Gasteiger charge is -2.15. The summed E-state index contributed by atoms with van der Waals surface area (Å²) in [6.07, 6.45) is -3.57. The van der Waals surface area contributed by atoms with Crippen LogP contribution in [-0.4, -0.2) is 35.4 Å². The van der Waals surface area contributed by atoms with Crippen molar-refractivity contribution in [2.75, 3.05) is 13.2 Å². The molecule has 0 aliphatic rings. The summed E-state index contributed by atoms with van der Waals surface area (Å²) in [6.45, 7) is 0.0982. The van der Waals surface area contributed by atoms with Crippen LogP contribution >= 0.6 is 27.5 Å². The topological polar surface area (TPSA) is 68.7 Å². The van der Waals surface area contributed by atoms with E-state index in [2.05, 4.69) is 20.9 Å². The molecule has 2 aromatic rings. The number of fused-ring (bicyclic) bond motifs is 1. The fourth-order valence-electron chi connectivity index (χ4n) is 1.88. The number of carbonyl (C=O) groups excluding carboxylic acids is 1. The lowest BCUT2D eigenvalue weighted by atomic mass is 10.1. The van der Waals surface area contributed by atoms with Gasteiger partial charge in [0.15, 0.2) is 12.4 Å². The smallest absolute Gasteiger partial charge is 0.422 e. The first kappa shape index (κ1) is 18.6. The Morgan fingerprint density at radius 2 is 2.12 bits per heavy atom. The minimum Gasteiger partial charge on any atom is -0.506 e. The largest absolute Gasteiger partial charge is 0.506 e. The maximum absolute atomic E-state index is 12.4. The molecule has 0 unspecified atom stereocenters. The number of esters is 1. The van der Waals surface area contributed by atoms with Crippen LogP contribution < -0.4 is 4.74 Å². The summed E-state index contributed by atoms with van der Waals surface area (Å²) in [7, 11) is 0. The van der Waals surface area contributed by atoms with Crippen molar-refractivity contribution in [2.45, 2.75) is 13.1 Å². The summed E-state index contributed by atoms with van der Waals surface area (Å²) in [4.78, 5) is 15.7. The molecule has 24 heavy (non-hydrogen) atoms. The van der Waals surface area contributed by atoms with E-state index in [1.165, 1.54) is 6.07 Å².